The fourth-order valence-corrected chi connectivity index (χ4v) is 9.44. The molecule has 3 aromatic carbocycles. The Kier molecular flexibility index (Phi) is 32.3. The first-order chi connectivity index (χ1) is 28.4. The minimum atomic E-state index is 1.22. The summed E-state index contributed by atoms with van der Waals surface area (Å²) in [7, 11) is 0. The summed E-state index contributed by atoms with van der Waals surface area (Å²) >= 11 is 0. The third-order valence-corrected chi connectivity index (χ3v) is 13.3. The zero-order chi connectivity index (χ0) is 39.9. The van der Waals surface area contributed by atoms with E-state index in [1.54, 1.807) is 0 Å². The van der Waals surface area contributed by atoms with Crippen LogP contribution < -0.4 is 0 Å². The van der Waals surface area contributed by atoms with Crippen molar-refractivity contribution in [1.82, 2.24) is 0 Å². The van der Waals surface area contributed by atoms with Gasteiger partial charge in [-0.15, -0.1) is 0 Å². The highest BCUT2D eigenvalue weighted by Crippen LogP contribution is 2.25. The molecule has 0 aliphatic carbocycles. The topological polar surface area (TPSA) is 0 Å². The van der Waals surface area contributed by atoms with Gasteiger partial charge in [0, 0.05) is 0 Å². The van der Waals surface area contributed by atoms with Crippen LogP contribution in [0.15, 0.2) is 54.6 Å². The summed E-state index contributed by atoms with van der Waals surface area (Å²) in [5, 5.41) is 5.45. The fraction of sp³-hybridized carbons (Fsp3) is 0.754. The lowest BCUT2D eigenvalue weighted by molar-refractivity contribution is 0.509. The van der Waals surface area contributed by atoms with E-state index in [4.69, 9.17) is 0 Å². The van der Waals surface area contributed by atoms with Crippen LogP contribution >= 0.6 is 0 Å². The molecule has 3 aromatic rings. The van der Waals surface area contributed by atoms with Crippen molar-refractivity contribution in [3.05, 3.63) is 60.2 Å². The second-order valence-electron chi connectivity index (χ2n) is 18.8. The first-order valence-corrected chi connectivity index (χ1v) is 26.3. The van der Waals surface area contributed by atoms with Crippen LogP contribution in [-0.2, 0) is 6.42 Å². The standard InChI is InChI=1S/C57H96/c1-2-3-4-5-6-7-8-9-10-11-12-13-14-15-16-17-18-19-20-21-22-23-24-25-26-27-28-29-30-31-32-33-34-35-36-37-38-39-40-41-42-45-53-48-49-56-51-54-46-43-44-47-55(54)52-57(56)50-53/h43-44,46-52H,2-42,45H2,1H3. The normalized spacial score (nSPS) is 11.7. The summed E-state index contributed by atoms with van der Waals surface area (Å²) < 4.78 is 0. The average Bonchev–Trinajstić information content (AvgIpc) is 3.23. The number of hydrogen-bond acceptors (Lipinski definition) is 0. The molecule has 3 rings (SSSR count). The molecule has 0 nitrogen and oxygen atoms in total. The molecular formula is C57H96. The van der Waals surface area contributed by atoms with Crippen molar-refractivity contribution < 1.29 is 0 Å². The van der Waals surface area contributed by atoms with Crippen molar-refractivity contribution in [3.63, 3.8) is 0 Å². The number of aryl methyl sites for hydroxylation is 1. The van der Waals surface area contributed by atoms with E-state index >= 15 is 0 Å². The van der Waals surface area contributed by atoms with Crippen molar-refractivity contribution >= 4 is 21.5 Å². The Balaban J connectivity index is 0.917. The van der Waals surface area contributed by atoms with Crippen molar-refractivity contribution in [2.45, 2.75) is 277 Å². The fourth-order valence-electron chi connectivity index (χ4n) is 9.44. The van der Waals surface area contributed by atoms with Crippen LogP contribution in [0.5, 0.6) is 0 Å². The Morgan fingerprint density at radius 3 is 0.772 bits per heavy atom. The van der Waals surface area contributed by atoms with E-state index in [1.807, 2.05) is 0 Å². The molecular weight excluding hydrogens is 685 g/mol. The van der Waals surface area contributed by atoms with Crippen LogP contribution in [-0.4, -0.2) is 0 Å². The minimum Gasteiger partial charge on any atom is -0.0654 e. The number of rotatable bonds is 42. The second kappa shape index (κ2) is 37.2. The minimum absolute atomic E-state index is 1.22. The number of benzene rings is 3. The molecule has 0 aliphatic rings. The first-order valence-electron chi connectivity index (χ1n) is 26.3. The maximum absolute atomic E-state index is 2.42. The Morgan fingerprint density at radius 1 is 0.228 bits per heavy atom. The van der Waals surface area contributed by atoms with Crippen LogP contribution in [0, 0.1) is 0 Å². The van der Waals surface area contributed by atoms with Crippen LogP contribution in [0.25, 0.3) is 21.5 Å². The van der Waals surface area contributed by atoms with Gasteiger partial charge in [0.15, 0.2) is 0 Å². The van der Waals surface area contributed by atoms with Gasteiger partial charge in [-0.05, 0) is 52.1 Å². The van der Waals surface area contributed by atoms with Crippen LogP contribution in [0.1, 0.15) is 276 Å². The zero-order valence-electron chi connectivity index (χ0n) is 38.4. The van der Waals surface area contributed by atoms with Crippen molar-refractivity contribution in [2.24, 2.45) is 0 Å². The third-order valence-electron chi connectivity index (χ3n) is 13.3. The summed E-state index contributed by atoms with van der Waals surface area (Å²) in [5.41, 5.74) is 1.50. The summed E-state index contributed by atoms with van der Waals surface area (Å²) in [6, 6.07) is 20.5. The maximum atomic E-state index is 2.42. The SMILES string of the molecule is CCCCCCCCCCCCCCCCCCCCCCCCCCCCCCCCCCCCCCCCCCCc1ccc2cc3ccccc3cc2c1. The van der Waals surface area contributed by atoms with Gasteiger partial charge in [0.2, 0.25) is 0 Å². The Labute approximate surface area is 356 Å². The molecule has 0 heteroatoms. The van der Waals surface area contributed by atoms with Gasteiger partial charge < -0.3 is 0 Å². The van der Waals surface area contributed by atoms with E-state index in [0.717, 1.165) is 0 Å². The summed E-state index contributed by atoms with van der Waals surface area (Å²) in [5.74, 6) is 0. The van der Waals surface area contributed by atoms with Crippen LogP contribution in [0.4, 0.5) is 0 Å². The molecule has 0 spiro atoms. The molecule has 0 atom stereocenters. The van der Waals surface area contributed by atoms with Crippen molar-refractivity contribution in [2.75, 3.05) is 0 Å². The van der Waals surface area contributed by atoms with Gasteiger partial charge in [0.1, 0.15) is 0 Å². The first kappa shape index (κ1) is 49.5. The summed E-state index contributed by atoms with van der Waals surface area (Å²) in [4.78, 5) is 0. The predicted octanol–water partition coefficient (Wildman–Crippen LogP) is 20.5. The molecule has 0 aliphatic heterocycles. The molecule has 0 saturated heterocycles. The lowest BCUT2D eigenvalue weighted by Gasteiger charge is -2.06. The molecule has 0 unspecified atom stereocenters. The molecule has 0 bridgehead atoms. The third kappa shape index (κ3) is 27.5. The monoisotopic (exact) mass is 781 g/mol. The maximum Gasteiger partial charge on any atom is -0.0175 e. The number of hydrogen-bond donors (Lipinski definition) is 0. The number of unbranched alkanes of at least 4 members (excludes halogenated alkanes) is 40. The van der Waals surface area contributed by atoms with Crippen LogP contribution in [0.2, 0.25) is 0 Å². The van der Waals surface area contributed by atoms with Crippen molar-refractivity contribution in [1.29, 1.82) is 0 Å². The lowest BCUT2D eigenvalue weighted by atomic mass is 9.99. The Bertz CT molecular complexity index is 1290. The molecule has 0 heterocycles. The van der Waals surface area contributed by atoms with Gasteiger partial charge in [-0.2, -0.15) is 0 Å². The smallest absolute Gasteiger partial charge is 0.0175 e. The van der Waals surface area contributed by atoms with Gasteiger partial charge in [0.05, 0.1) is 0 Å². The molecule has 324 valence electrons. The summed E-state index contributed by atoms with van der Waals surface area (Å²) in [6.07, 6.45) is 61.5. The molecule has 0 fully saturated rings. The average molecular weight is 781 g/mol. The van der Waals surface area contributed by atoms with Gasteiger partial charge in [-0.1, -0.05) is 306 Å². The highest BCUT2D eigenvalue weighted by atomic mass is 14.1. The highest BCUT2D eigenvalue weighted by Gasteiger charge is 2.02. The van der Waals surface area contributed by atoms with Gasteiger partial charge in [-0.25, -0.2) is 0 Å². The van der Waals surface area contributed by atoms with E-state index in [9.17, 15) is 0 Å². The lowest BCUT2D eigenvalue weighted by Crippen LogP contribution is -1.87. The number of fused-ring (bicyclic) bond motifs is 2. The Morgan fingerprint density at radius 2 is 0.474 bits per heavy atom. The summed E-state index contributed by atoms with van der Waals surface area (Å²) in [6.45, 7) is 2.31. The molecule has 0 N–H and O–H groups in total. The highest BCUT2D eigenvalue weighted by molar-refractivity contribution is 5.98. The molecule has 57 heavy (non-hydrogen) atoms. The van der Waals surface area contributed by atoms with Gasteiger partial charge in [-0.3, -0.25) is 0 Å². The largest absolute Gasteiger partial charge is 0.0654 e. The molecule has 0 radical (unpaired) electrons. The Hall–Kier alpha value is -1.82. The van der Waals surface area contributed by atoms with E-state index < -0.39 is 0 Å². The quantitative estimate of drug-likeness (QED) is 0.0397. The molecule has 0 amide bonds. The van der Waals surface area contributed by atoms with Crippen LogP contribution in [0.3, 0.4) is 0 Å². The van der Waals surface area contributed by atoms with E-state index in [2.05, 4.69) is 61.5 Å². The van der Waals surface area contributed by atoms with Gasteiger partial charge >= 0.3 is 0 Å². The van der Waals surface area contributed by atoms with E-state index in [0.29, 0.717) is 0 Å². The van der Waals surface area contributed by atoms with E-state index in [1.165, 1.54) is 297 Å². The zero-order valence-corrected chi connectivity index (χ0v) is 38.4. The predicted molar refractivity (Wildman–Crippen MR) is 260 cm³/mol. The molecule has 0 saturated carbocycles. The van der Waals surface area contributed by atoms with E-state index in [-0.39, 0.29) is 0 Å². The second-order valence-corrected chi connectivity index (χ2v) is 18.8. The van der Waals surface area contributed by atoms with Crippen molar-refractivity contribution in [3.8, 4) is 0 Å². The van der Waals surface area contributed by atoms with Gasteiger partial charge in [0.25, 0.3) is 0 Å². The molecule has 0 aromatic heterocycles.